The van der Waals surface area contributed by atoms with Gasteiger partial charge < -0.3 is 19.3 Å². The molecule has 164 valence electrons. The molecule has 3 rings (SSSR count). The first-order valence-electron chi connectivity index (χ1n) is 9.71. The number of carbonyl (C=O) groups excluding carboxylic acids is 2. The third-order valence-electron chi connectivity index (χ3n) is 4.91. The molecule has 2 amide bonds. The molecule has 1 aliphatic rings. The van der Waals surface area contributed by atoms with E-state index < -0.39 is 17.8 Å². The predicted molar refractivity (Wildman–Crippen MR) is 112 cm³/mol. The number of hydroxylamine groups is 1. The Morgan fingerprint density at radius 1 is 1.13 bits per heavy atom. The zero-order valence-corrected chi connectivity index (χ0v) is 17.1. The van der Waals surface area contributed by atoms with Crippen molar-refractivity contribution in [2.45, 2.75) is 6.61 Å². The number of anilines is 1. The molecule has 1 saturated heterocycles. The van der Waals surface area contributed by atoms with Crippen molar-refractivity contribution in [3.63, 3.8) is 0 Å². The number of hydrogen-bond acceptors (Lipinski definition) is 6. The Morgan fingerprint density at radius 2 is 1.84 bits per heavy atom. The number of ether oxygens (including phenoxy) is 2. The molecule has 1 fully saturated rings. The maximum absolute atomic E-state index is 14.5. The lowest BCUT2D eigenvalue weighted by Gasteiger charge is -2.35. The van der Waals surface area contributed by atoms with Gasteiger partial charge in [-0.3, -0.25) is 10.0 Å². The van der Waals surface area contributed by atoms with Gasteiger partial charge in [-0.05, 0) is 41.5 Å². The summed E-state index contributed by atoms with van der Waals surface area (Å²) in [4.78, 5) is 26.8. The molecule has 0 aromatic heterocycles. The zero-order valence-electron chi connectivity index (χ0n) is 17.1. The Balaban J connectivity index is 1.51. The van der Waals surface area contributed by atoms with E-state index in [1.807, 2.05) is 17.0 Å². The van der Waals surface area contributed by atoms with Crippen LogP contribution in [0.2, 0.25) is 0 Å². The second kappa shape index (κ2) is 10.4. The van der Waals surface area contributed by atoms with Crippen LogP contribution in [0.5, 0.6) is 5.75 Å². The van der Waals surface area contributed by atoms with Crippen molar-refractivity contribution in [1.82, 2.24) is 10.4 Å². The van der Waals surface area contributed by atoms with E-state index >= 15 is 0 Å². The zero-order chi connectivity index (χ0) is 22.2. The third-order valence-corrected chi connectivity index (χ3v) is 4.91. The van der Waals surface area contributed by atoms with E-state index in [2.05, 4.69) is 0 Å². The lowest BCUT2D eigenvalue weighted by atomic mass is 10.1. The normalized spacial score (nSPS) is 13.9. The van der Waals surface area contributed by atoms with E-state index in [0.717, 1.165) is 17.4 Å². The Hall–Kier alpha value is -3.59. The molecular formula is C22H24FN3O5. The number of methoxy groups -OCH3 is 1. The van der Waals surface area contributed by atoms with Gasteiger partial charge in [-0.25, -0.2) is 14.7 Å². The molecule has 2 N–H and O–H groups in total. The molecule has 0 bridgehead atoms. The molecule has 31 heavy (non-hydrogen) atoms. The lowest BCUT2D eigenvalue weighted by Crippen LogP contribution is -2.49. The number of piperazine rings is 1. The lowest BCUT2D eigenvalue weighted by molar-refractivity contribution is -0.124. The molecule has 0 saturated carbocycles. The Labute approximate surface area is 179 Å². The summed E-state index contributed by atoms with van der Waals surface area (Å²) in [5, 5.41) is 8.48. The Bertz CT molecular complexity index is 941. The summed E-state index contributed by atoms with van der Waals surface area (Å²) in [7, 11) is 1.59. The highest BCUT2D eigenvalue weighted by Gasteiger charge is 2.23. The van der Waals surface area contributed by atoms with Gasteiger partial charge in [0.2, 0.25) is 0 Å². The number of nitrogens with one attached hydrogen (secondary N) is 1. The number of nitrogens with zero attached hydrogens (tertiary/aromatic N) is 2. The van der Waals surface area contributed by atoms with Crippen LogP contribution < -0.4 is 15.1 Å². The summed E-state index contributed by atoms with van der Waals surface area (Å²) in [5.41, 5.74) is 3.25. The molecule has 1 aliphatic heterocycles. The van der Waals surface area contributed by atoms with Gasteiger partial charge in [0.15, 0.2) is 0 Å². The van der Waals surface area contributed by atoms with Crippen LogP contribution in [0, 0.1) is 5.82 Å². The summed E-state index contributed by atoms with van der Waals surface area (Å²) < 4.78 is 25.0. The van der Waals surface area contributed by atoms with Crippen LogP contribution >= 0.6 is 0 Å². The van der Waals surface area contributed by atoms with Gasteiger partial charge in [-0.2, -0.15) is 0 Å². The molecule has 1 heterocycles. The smallest absolute Gasteiger partial charge is 0.410 e. The van der Waals surface area contributed by atoms with Crippen LogP contribution in [0.25, 0.3) is 6.08 Å². The van der Waals surface area contributed by atoms with Gasteiger partial charge in [0.25, 0.3) is 5.91 Å². The van der Waals surface area contributed by atoms with Crippen molar-refractivity contribution >= 4 is 23.8 Å². The van der Waals surface area contributed by atoms with E-state index in [1.54, 1.807) is 36.3 Å². The fourth-order valence-corrected chi connectivity index (χ4v) is 3.18. The molecule has 0 unspecified atom stereocenters. The van der Waals surface area contributed by atoms with Crippen LogP contribution in [0.1, 0.15) is 11.1 Å². The van der Waals surface area contributed by atoms with Gasteiger partial charge in [0.05, 0.1) is 12.8 Å². The predicted octanol–water partition coefficient (Wildman–Crippen LogP) is 2.81. The molecule has 0 aliphatic carbocycles. The molecule has 9 heteroatoms. The maximum Gasteiger partial charge on any atom is 0.410 e. The number of benzene rings is 2. The summed E-state index contributed by atoms with van der Waals surface area (Å²) in [5.74, 6) is -0.389. The van der Waals surface area contributed by atoms with E-state index in [0.29, 0.717) is 37.4 Å². The van der Waals surface area contributed by atoms with Gasteiger partial charge in [-0.15, -0.1) is 0 Å². The standard InChI is InChI=1S/C22H24FN3O5/c1-30-18-6-2-17(3-7-18)15-31-22(28)26-12-10-25(11-13-26)20-8-4-16(14-19(20)23)5-9-21(27)24-29/h2-9,14,29H,10-13,15H2,1H3,(H,24,27)/b9-5+. The van der Waals surface area contributed by atoms with Crippen LogP contribution in [0.3, 0.4) is 0 Å². The van der Waals surface area contributed by atoms with Crippen LogP contribution in [-0.2, 0) is 16.1 Å². The van der Waals surface area contributed by atoms with Gasteiger partial charge in [-0.1, -0.05) is 18.2 Å². The first-order valence-corrected chi connectivity index (χ1v) is 9.71. The highest BCUT2D eigenvalue weighted by Crippen LogP contribution is 2.23. The van der Waals surface area contributed by atoms with E-state index in [-0.39, 0.29) is 6.61 Å². The average Bonchev–Trinajstić information content (AvgIpc) is 2.81. The number of halogens is 1. The van der Waals surface area contributed by atoms with Crippen LogP contribution in [0.15, 0.2) is 48.5 Å². The number of rotatable bonds is 6. The fourth-order valence-electron chi connectivity index (χ4n) is 3.18. The topological polar surface area (TPSA) is 91.3 Å². The van der Waals surface area contributed by atoms with Crippen molar-refractivity contribution in [1.29, 1.82) is 0 Å². The van der Waals surface area contributed by atoms with Gasteiger partial charge in [0.1, 0.15) is 18.2 Å². The quantitative estimate of drug-likeness (QED) is 0.417. The minimum atomic E-state index is -0.695. The largest absolute Gasteiger partial charge is 0.497 e. The van der Waals surface area contributed by atoms with Gasteiger partial charge in [0, 0.05) is 32.3 Å². The fraction of sp³-hybridized carbons (Fsp3) is 0.273. The third kappa shape index (κ3) is 5.95. The molecule has 0 atom stereocenters. The summed E-state index contributed by atoms with van der Waals surface area (Å²) >= 11 is 0. The molecular weight excluding hydrogens is 405 g/mol. The number of amides is 2. The van der Waals surface area contributed by atoms with Gasteiger partial charge >= 0.3 is 6.09 Å². The highest BCUT2D eigenvalue weighted by atomic mass is 19.1. The van der Waals surface area contributed by atoms with Crippen LogP contribution in [0.4, 0.5) is 14.9 Å². The minimum absolute atomic E-state index is 0.168. The Kier molecular flexibility index (Phi) is 7.45. The second-order valence-electron chi connectivity index (χ2n) is 6.90. The van der Waals surface area contributed by atoms with Crippen molar-refractivity contribution in [3.05, 3.63) is 65.5 Å². The van der Waals surface area contributed by atoms with Crippen LogP contribution in [-0.4, -0.2) is 55.4 Å². The van der Waals surface area contributed by atoms with Crippen molar-refractivity contribution in [2.24, 2.45) is 0 Å². The summed E-state index contributed by atoms with van der Waals surface area (Å²) in [6.07, 6.45) is 2.10. The SMILES string of the molecule is COc1ccc(COC(=O)N2CCN(c3ccc(/C=C/C(=O)NO)cc3F)CC2)cc1. The molecule has 0 spiro atoms. The average molecular weight is 429 g/mol. The van der Waals surface area contributed by atoms with Crippen molar-refractivity contribution in [3.8, 4) is 5.75 Å². The monoisotopic (exact) mass is 429 g/mol. The number of carbonyl (C=O) groups is 2. The molecule has 2 aromatic carbocycles. The van der Waals surface area contributed by atoms with Crippen molar-refractivity contribution in [2.75, 3.05) is 38.2 Å². The maximum atomic E-state index is 14.5. The van der Waals surface area contributed by atoms with E-state index in [1.165, 1.54) is 17.6 Å². The Morgan fingerprint density at radius 3 is 2.45 bits per heavy atom. The van der Waals surface area contributed by atoms with E-state index in [4.69, 9.17) is 14.7 Å². The minimum Gasteiger partial charge on any atom is -0.497 e. The number of hydrogen-bond donors (Lipinski definition) is 2. The highest BCUT2D eigenvalue weighted by molar-refractivity contribution is 5.90. The molecule has 8 nitrogen and oxygen atoms in total. The molecule has 0 radical (unpaired) electrons. The first-order chi connectivity index (χ1) is 15.0. The van der Waals surface area contributed by atoms with Crippen molar-refractivity contribution < 1.29 is 28.7 Å². The van der Waals surface area contributed by atoms with E-state index in [9.17, 15) is 14.0 Å². The summed E-state index contributed by atoms with van der Waals surface area (Å²) in [6.45, 7) is 1.94. The molecule has 2 aromatic rings. The summed E-state index contributed by atoms with van der Waals surface area (Å²) in [6, 6.07) is 11.9. The first kappa shape index (κ1) is 22.1. The second-order valence-corrected chi connectivity index (χ2v) is 6.90.